The maximum atomic E-state index is 5.44. The lowest BCUT2D eigenvalue weighted by Gasteiger charge is -2.22. The van der Waals surface area contributed by atoms with Crippen LogP contribution in [0.15, 0.2) is 12.3 Å². The van der Waals surface area contributed by atoms with Gasteiger partial charge in [-0.3, -0.25) is 0 Å². The summed E-state index contributed by atoms with van der Waals surface area (Å²) in [6.07, 6.45) is 8.20. The summed E-state index contributed by atoms with van der Waals surface area (Å²) in [5.41, 5.74) is 5.44. The molecule has 1 aromatic heterocycles. The third kappa shape index (κ3) is 3.85. The van der Waals surface area contributed by atoms with E-state index < -0.39 is 0 Å². The standard InChI is InChI=1S/C12H21N5/c13-7-9-14-11-6-8-15-12(17-11)16-10-4-2-1-3-5-10/h6,8,10H,1-5,7,9,13H2,(H2,14,15,16,17). The summed E-state index contributed by atoms with van der Waals surface area (Å²) in [4.78, 5) is 8.66. The lowest BCUT2D eigenvalue weighted by molar-refractivity contribution is 0.461. The molecular weight excluding hydrogens is 214 g/mol. The monoisotopic (exact) mass is 235 g/mol. The highest BCUT2D eigenvalue weighted by molar-refractivity contribution is 5.39. The molecule has 5 nitrogen and oxygen atoms in total. The van der Waals surface area contributed by atoms with E-state index in [2.05, 4.69) is 20.6 Å². The van der Waals surface area contributed by atoms with Gasteiger partial charge in [0.2, 0.25) is 5.95 Å². The molecule has 1 saturated carbocycles. The summed E-state index contributed by atoms with van der Waals surface area (Å²) in [5.74, 6) is 1.56. The lowest BCUT2D eigenvalue weighted by Crippen LogP contribution is -2.23. The number of nitrogens with one attached hydrogen (secondary N) is 2. The first-order chi connectivity index (χ1) is 8.38. The van der Waals surface area contributed by atoms with E-state index in [1.54, 1.807) is 6.20 Å². The summed E-state index contributed by atoms with van der Waals surface area (Å²) in [7, 11) is 0. The Hall–Kier alpha value is -1.36. The summed E-state index contributed by atoms with van der Waals surface area (Å²) in [6, 6.07) is 2.40. The molecule has 0 atom stereocenters. The molecule has 17 heavy (non-hydrogen) atoms. The Bertz CT molecular complexity index is 335. The first-order valence-corrected chi connectivity index (χ1v) is 6.42. The van der Waals surface area contributed by atoms with Crippen molar-refractivity contribution in [2.24, 2.45) is 5.73 Å². The van der Waals surface area contributed by atoms with Gasteiger partial charge in [-0.2, -0.15) is 4.98 Å². The number of nitrogens with two attached hydrogens (primary N) is 1. The van der Waals surface area contributed by atoms with Gasteiger partial charge in [0.05, 0.1) is 0 Å². The van der Waals surface area contributed by atoms with Crippen molar-refractivity contribution >= 4 is 11.8 Å². The number of rotatable bonds is 5. The molecule has 2 rings (SSSR count). The van der Waals surface area contributed by atoms with Crippen LogP contribution in [0, 0.1) is 0 Å². The second kappa shape index (κ2) is 6.39. The van der Waals surface area contributed by atoms with Crippen LogP contribution in [0.1, 0.15) is 32.1 Å². The van der Waals surface area contributed by atoms with Crippen molar-refractivity contribution in [1.82, 2.24) is 9.97 Å². The SMILES string of the molecule is NCCNc1ccnc(NC2CCCCC2)n1. The van der Waals surface area contributed by atoms with Gasteiger partial charge in [-0.05, 0) is 18.9 Å². The molecule has 0 amide bonds. The van der Waals surface area contributed by atoms with Crippen molar-refractivity contribution in [3.05, 3.63) is 12.3 Å². The maximum absolute atomic E-state index is 5.44. The number of anilines is 2. The van der Waals surface area contributed by atoms with Gasteiger partial charge in [-0.25, -0.2) is 4.98 Å². The van der Waals surface area contributed by atoms with E-state index in [-0.39, 0.29) is 0 Å². The predicted molar refractivity (Wildman–Crippen MR) is 70.1 cm³/mol. The van der Waals surface area contributed by atoms with Crippen molar-refractivity contribution in [2.45, 2.75) is 38.1 Å². The Morgan fingerprint density at radius 3 is 2.88 bits per heavy atom. The summed E-state index contributed by atoms with van der Waals surface area (Å²) in [5, 5.41) is 6.56. The minimum absolute atomic E-state index is 0.536. The van der Waals surface area contributed by atoms with Crippen LogP contribution in [0.25, 0.3) is 0 Å². The molecule has 94 valence electrons. The first-order valence-electron chi connectivity index (χ1n) is 6.42. The van der Waals surface area contributed by atoms with E-state index in [0.717, 1.165) is 18.3 Å². The van der Waals surface area contributed by atoms with Crippen LogP contribution in [0.2, 0.25) is 0 Å². The van der Waals surface area contributed by atoms with Gasteiger partial charge in [0, 0.05) is 25.3 Å². The average Bonchev–Trinajstić information content (AvgIpc) is 2.38. The molecular formula is C12H21N5. The maximum Gasteiger partial charge on any atom is 0.224 e. The highest BCUT2D eigenvalue weighted by Crippen LogP contribution is 2.20. The summed E-state index contributed by atoms with van der Waals surface area (Å²) >= 11 is 0. The van der Waals surface area contributed by atoms with Crippen LogP contribution in [0.3, 0.4) is 0 Å². The second-order valence-electron chi connectivity index (χ2n) is 4.46. The van der Waals surface area contributed by atoms with E-state index in [1.807, 2.05) is 6.07 Å². The zero-order valence-electron chi connectivity index (χ0n) is 10.2. The van der Waals surface area contributed by atoms with Gasteiger partial charge in [0.25, 0.3) is 0 Å². The summed E-state index contributed by atoms with van der Waals surface area (Å²) in [6.45, 7) is 1.34. The average molecular weight is 235 g/mol. The van der Waals surface area contributed by atoms with Crippen LogP contribution in [-0.2, 0) is 0 Å². The van der Waals surface area contributed by atoms with Crippen LogP contribution in [0.4, 0.5) is 11.8 Å². The lowest BCUT2D eigenvalue weighted by atomic mass is 9.96. The molecule has 1 aliphatic rings. The van der Waals surface area contributed by atoms with Crippen LogP contribution < -0.4 is 16.4 Å². The molecule has 0 bridgehead atoms. The Morgan fingerprint density at radius 1 is 1.29 bits per heavy atom. The number of hydrogen-bond donors (Lipinski definition) is 3. The molecule has 0 unspecified atom stereocenters. The topological polar surface area (TPSA) is 75.9 Å². The predicted octanol–water partition coefficient (Wildman–Crippen LogP) is 1.59. The number of hydrogen-bond acceptors (Lipinski definition) is 5. The zero-order valence-corrected chi connectivity index (χ0v) is 10.2. The quantitative estimate of drug-likeness (QED) is 0.722. The fraction of sp³-hybridized carbons (Fsp3) is 0.667. The van der Waals surface area contributed by atoms with Crippen molar-refractivity contribution in [3.63, 3.8) is 0 Å². The minimum Gasteiger partial charge on any atom is -0.369 e. The largest absolute Gasteiger partial charge is 0.369 e. The van der Waals surface area contributed by atoms with Gasteiger partial charge >= 0.3 is 0 Å². The first kappa shape index (κ1) is 12.1. The fourth-order valence-electron chi connectivity index (χ4n) is 2.16. The molecule has 1 aromatic rings. The van der Waals surface area contributed by atoms with E-state index in [1.165, 1.54) is 32.1 Å². The molecule has 0 radical (unpaired) electrons. The minimum atomic E-state index is 0.536. The number of nitrogens with zero attached hydrogens (tertiary/aromatic N) is 2. The Kier molecular flexibility index (Phi) is 4.55. The molecule has 0 spiro atoms. The van der Waals surface area contributed by atoms with Gasteiger partial charge in [0.15, 0.2) is 0 Å². The molecule has 0 saturated heterocycles. The van der Waals surface area contributed by atoms with E-state index in [0.29, 0.717) is 12.6 Å². The van der Waals surface area contributed by atoms with Gasteiger partial charge in [0.1, 0.15) is 5.82 Å². The number of aromatic nitrogens is 2. The van der Waals surface area contributed by atoms with Crippen molar-refractivity contribution in [2.75, 3.05) is 23.7 Å². The zero-order chi connectivity index (χ0) is 11.9. The van der Waals surface area contributed by atoms with Crippen LogP contribution in [0.5, 0.6) is 0 Å². The Morgan fingerprint density at radius 2 is 2.12 bits per heavy atom. The highest BCUT2D eigenvalue weighted by atomic mass is 15.1. The van der Waals surface area contributed by atoms with E-state index >= 15 is 0 Å². The molecule has 1 fully saturated rings. The Balaban J connectivity index is 1.90. The van der Waals surface area contributed by atoms with Crippen molar-refractivity contribution in [1.29, 1.82) is 0 Å². The molecule has 0 aromatic carbocycles. The molecule has 1 heterocycles. The normalized spacial score (nSPS) is 16.8. The van der Waals surface area contributed by atoms with Crippen molar-refractivity contribution < 1.29 is 0 Å². The van der Waals surface area contributed by atoms with E-state index in [9.17, 15) is 0 Å². The fourth-order valence-corrected chi connectivity index (χ4v) is 2.16. The summed E-state index contributed by atoms with van der Waals surface area (Å²) < 4.78 is 0. The Labute approximate surface area is 102 Å². The van der Waals surface area contributed by atoms with Crippen LogP contribution in [-0.4, -0.2) is 29.1 Å². The third-order valence-electron chi connectivity index (χ3n) is 3.04. The van der Waals surface area contributed by atoms with Gasteiger partial charge < -0.3 is 16.4 Å². The van der Waals surface area contributed by atoms with Gasteiger partial charge in [-0.1, -0.05) is 19.3 Å². The van der Waals surface area contributed by atoms with Gasteiger partial charge in [-0.15, -0.1) is 0 Å². The van der Waals surface area contributed by atoms with Crippen molar-refractivity contribution in [3.8, 4) is 0 Å². The molecule has 4 N–H and O–H groups in total. The third-order valence-corrected chi connectivity index (χ3v) is 3.04. The van der Waals surface area contributed by atoms with E-state index in [4.69, 9.17) is 5.73 Å². The second-order valence-corrected chi connectivity index (χ2v) is 4.46. The molecule has 1 aliphatic carbocycles. The smallest absolute Gasteiger partial charge is 0.224 e. The molecule has 0 aliphatic heterocycles. The highest BCUT2D eigenvalue weighted by Gasteiger charge is 2.13. The molecule has 5 heteroatoms. The van der Waals surface area contributed by atoms with Crippen LogP contribution >= 0.6 is 0 Å².